The van der Waals surface area contributed by atoms with E-state index in [1.165, 1.54) is 0 Å². The second kappa shape index (κ2) is 6.05. The topological polar surface area (TPSA) is 47.3 Å². The Labute approximate surface area is 118 Å². The predicted molar refractivity (Wildman–Crippen MR) is 74.1 cm³/mol. The largest absolute Gasteiger partial charge is 0.336 e. The summed E-state index contributed by atoms with van der Waals surface area (Å²) < 4.78 is 0. The van der Waals surface area contributed by atoms with Crippen LogP contribution in [0, 0.1) is 18.3 Å². The molecule has 100 valence electrons. The molecule has 1 aromatic rings. The fourth-order valence-corrected chi connectivity index (χ4v) is 2.39. The van der Waals surface area contributed by atoms with E-state index in [0.29, 0.717) is 30.2 Å². The van der Waals surface area contributed by atoms with Gasteiger partial charge in [0.15, 0.2) is 0 Å². The minimum atomic E-state index is 0.0246. The molecule has 2 rings (SSSR count). The zero-order valence-corrected chi connectivity index (χ0v) is 11.7. The molecule has 0 aliphatic carbocycles. The van der Waals surface area contributed by atoms with E-state index in [1.54, 1.807) is 12.1 Å². The number of hydrogen-bond acceptors (Lipinski definition) is 3. The molecule has 5 heteroatoms. The lowest BCUT2D eigenvalue weighted by atomic mass is 10.1. The molecule has 19 heavy (non-hydrogen) atoms. The van der Waals surface area contributed by atoms with Gasteiger partial charge in [-0.15, -0.1) is 0 Å². The quantitative estimate of drug-likeness (QED) is 0.776. The first-order chi connectivity index (χ1) is 9.13. The number of halogens is 1. The van der Waals surface area contributed by atoms with Crippen LogP contribution in [0.5, 0.6) is 0 Å². The van der Waals surface area contributed by atoms with Gasteiger partial charge in [0.25, 0.3) is 5.91 Å². The summed E-state index contributed by atoms with van der Waals surface area (Å²) in [6.45, 7) is 5.11. The van der Waals surface area contributed by atoms with Gasteiger partial charge < -0.3 is 4.90 Å². The lowest BCUT2D eigenvalue weighted by Gasteiger charge is -2.33. The first-order valence-electron chi connectivity index (χ1n) is 6.27. The summed E-state index contributed by atoms with van der Waals surface area (Å²) in [5.74, 6) is 0.0246. The summed E-state index contributed by atoms with van der Waals surface area (Å²) in [7, 11) is 0. The number of nitrogens with zero attached hydrogens (tertiary/aromatic N) is 3. The van der Waals surface area contributed by atoms with Crippen LogP contribution in [0.25, 0.3) is 0 Å². The van der Waals surface area contributed by atoms with Crippen molar-refractivity contribution >= 4 is 17.5 Å². The zero-order valence-electron chi connectivity index (χ0n) is 10.9. The number of rotatable bonds is 2. The van der Waals surface area contributed by atoms with Crippen molar-refractivity contribution in [1.82, 2.24) is 9.80 Å². The van der Waals surface area contributed by atoms with Crippen molar-refractivity contribution in [1.29, 1.82) is 5.26 Å². The van der Waals surface area contributed by atoms with Gasteiger partial charge in [0.1, 0.15) is 0 Å². The van der Waals surface area contributed by atoms with E-state index in [2.05, 4.69) is 11.0 Å². The van der Waals surface area contributed by atoms with Crippen molar-refractivity contribution < 1.29 is 4.79 Å². The number of carbonyl (C=O) groups is 1. The summed E-state index contributed by atoms with van der Waals surface area (Å²) in [5.41, 5.74) is 1.50. The van der Waals surface area contributed by atoms with Gasteiger partial charge in [0.05, 0.1) is 12.6 Å². The minimum absolute atomic E-state index is 0.0246. The standard InChI is InChI=1S/C14H16ClN3O/c1-11-12(3-2-4-13(11)15)14(19)18-9-7-17(6-5-16)8-10-18/h2-4H,6-10H2,1H3. The monoisotopic (exact) mass is 277 g/mol. The van der Waals surface area contributed by atoms with E-state index < -0.39 is 0 Å². The molecule has 4 nitrogen and oxygen atoms in total. The summed E-state index contributed by atoms with van der Waals surface area (Å²) in [4.78, 5) is 16.3. The highest BCUT2D eigenvalue weighted by Gasteiger charge is 2.23. The summed E-state index contributed by atoms with van der Waals surface area (Å²) in [6.07, 6.45) is 0. The summed E-state index contributed by atoms with van der Waals surface area (Å²) in [5, 5.41) is 9.27. The fourth-order valence-electron chi connectivity index (χ4n) is 2.22. The summed E-state index contributed by atoms with van der Waals surface area (Å²) in [6, 6.07) is 7.54. The van der Waals surface area contributed by atoms with Gasteiger partial charge in [-0.25, -0.2) is 0 Å². The highest BCUT2D eigenvalue weighted by atomic mass is 35.5. The van der Waals surface area contributed by atoms with Crippen LogP contribution in [-0.2, 0) is 0 Å². The van der Waals surface area contributed by atoms with Gasteiger partial charge in [-0.2, -0.15) is 5.26 Å². The van der Waals surface area contributed by atoms with Crippen LogP contribution < -0.4 is 0 Å². The molecule has 1 aliphatic heterocycles. The predicted octanol–water partition coefficient (Wildman–Crippen LogP) is 1.93. The van der Waals surface area contributed by atoms with Crippen LogP contribution in [0.2, 0.25) is 5.02 Å². The first-order valence-corrected chi connectivity index (χ1v) is 6.65. The molecule has 1 aromatic carbocycles. The van der Waals surface area contributed by atoms with Gasteiger partial charge in [0, 0.05) is 36.8 Å². The van der Waals surface area contributed by atoms with Gasteiger partial charge in [-0.1, -0.05) is 17.7 Å². The first kappa shape index (κ1) is 13.9. The number of amides is 1. The number of piperazine rings is 1. The van der Waals surface area contributed by atoms with Crippen molar-refractivity contribution in [2.45, 2.75) is 6.92 Å². The minimum Gasteiger partial charge on any atom is -0.336 e. The zero-order chi connectivity index (χ0) is 13.8. The van der Waals surface area contributed by atoms with Crippen molar-refractivity contribution in [3.63, 3.8) is 0 Å². The van der Waals surface area contributed by atoms with Gasteiger partial charge in [-0.3, -0.25) is 9.69 Å². The third-order valence-corrected chi connectivity index (χ3v) is 3.86. The highest BCUT2D eigenvalue weighted by molar-refractivity contribution is 6.31. The number of nitriles is 1. The Morgan fingerprint density at radius 3 is 2.68 bits per heavy atom. The molecule has 0 unspecified atom stereocenters. The van der Waals surface area contributed by atoms with E-state index in [1.807, 2.05) is 17.9 Å². The highest BCUT2D eigenvalue weighted by Crippen LogP contribution is 2.20. The second-order valence-corrected chi connectivity index (χ2v) is 5.05. The third kappa shape index (κ3) is 3.06. The molecular formula is C14H16ClN3O. The Hall–Kier alpha value is -1.57. The van der Waals surface area contributed by atoms with Crippen molar-refractivity contribution in [3.05, 3.63) is 34.3 Å². The average molecular weight is 278 g/mol. The maximum atomic E-state index is 12.4. The van der Waals surface area contributed by atoms with Crippen LogP contribution in [-0.4, -0.2) is 48.4 Å². The summed E-state index contributed by atoms with van der Waals surface area (Å²) >= 11 is 6.05. The molecule has 1 amide bonds. The fraction of sp³-hybridized carbons (Fsp3) is 0.429. The van der Waals surface area contributed by atoms with E-state index in [9.17, 15) is 4.79 Å². The van der Waals surface area contributed by atoms with E-state index in [-0.39, 0.29) is 5.91 Å². The Morgan fingerprint density at radius 2 is 2.05 bits per heavy atom. The SMILES string of the molecule is Cc1c(Cl)cccc1C(=O)N1CCN(CC#N)CC1. The Balaban J connectivity index is 2.06. The van der Waals surface area contributed by atoms with Crippen molar-refractivity contribution in [2.24, 2.45) is 0 Å². The Kier molecular flexibility index (Phi) is 4.41. The van der Waals surface area contributed by atoms with E-state index in [0.717, 1.165) is 18.7 Å². The van der Waals surface area contributed by atoms with Gasteiger partial charge in [-0.05, 0) is 24.6 Å². The van der Waals surface area contributed by atoms with Crippen LogP contribution in [0.3, 0.4) is 0 Å². The van der Waals surface area contributed by atoms with Crippen LogP contribution in [0.1, 0.15) is 15.9 Å². The molecule has 0 aromatic heterocycles. The lowest BCUT2D eigenvalue weighted by Crippen LogP contribution is -2.48. The second-order valence-electron chi connectivity index (χ2n) is 4.64. The third-order valence-electron chi connectivity index (χ3n) is 3.45. The molecule has 0 atom stereocenters. The molecule has 0 spiro atoms. The molecule has 1 saturated heterocycles. The number of carbonyl (C=O) groups excluding carboxylic acids is 1. The van der Waals surface area contributed by atoms with Crippen LogP contribution in [0.4, 0.5) is 0 Å². The van der Waals surface area contributed by atoms with Crippen molar-refractivity contribution in [2.75, 3.05) is 32.7 Å². The number of benzene rings is 1. The maximum absolute atomic E-state index is 12.4. The molecule has 0 N–H and O–H groups in total. The smallest absolute Gasteiger partial charge is 0.254 e. The molecular weight excluding hydrogens is 262 g/mol. The van der Waals surface area contributed by atoms with E-state index >= 15 is 0 Å². The Bertz CT molecular complexity index is 516. The molecule has 0 saturated carbocycles. The molecule has 0 radical (unpaired) electrons. The number of hydrogen-bond donors (Lipinski definition) is 0. The van der Waals surface area contributed by atoms with Gasteiger partial charge >= 0.3 is 0 Å². The van der Waals surface area contributed by atoms with Crippen LogP contribution in [0.15, 0.2) is 18.2 Å². The molecule has 1 fully saturated rings. The molecule has 1 heterocycles. The molecule has 1 aliphatic rings. The maximum Gasteiger partial charge on any atom is 0.254 e. The Morgan fingerprint density at radius 1 is 1.37 bits per heavy atom. The average Bonchev–Trinajstić information content (AvgIpc) is 2.42. The normalized spacial score (nSPS) is 16.2. The van der Waals surface area contributed by atoms with Gasteiger partial charge in [0.2, 0.25) is 0 Å². The van der Waals surface area contributed by atoms with Crippen LogP contribution >= 0.6 is 11.6 Å². The van der Waals surface area contributed by atoms with E-state index in [4.69, 9.17) is 16.9 Å². The lowest BCUT2D eigenvalue weighted by molar-refractivity contribution is 0.0651. The molecule has 0 bridgehead atoms. The van der Waals surface area contributed by atoms with Crippen molar-refractivity contribution in [3.8, 4) is 6.07 Å².